The summed E-state index contributed by atoms with van der Waals surface area (Å²) in [6.45, 7) is 1.46. The van der Waals surface area contributed by atoms with Crippen LogP contribution in [0, 0.1) is 0 Å². The molecule has 0 bridgehead atoms. The first-order valence-corrected chi connectivity index (χ1v) is 8.91. The van der Waals surface area contributed by atoms with Crippen LogP contribution in [0.1, 0.15) is 12.0 Å². The van der Waals surface area contributed by atoms with Gasteiger partial charge in [-0.2, -0.15) is 4.98 Å². The standard InChI is InChI=1S/C19H22N4O4/c1-22(2)17-9-20-10-18(21-17)27-14-5-6-23(11-14)19(24)8-13-3-4-15-16(7-13)26-12-25-15/h3-4,7,9-10,14H,5-6,8,11-12H2,1-2H3/t14-/m0/s1. The van der Waals surface area contributed by atoms with Crippen LogP contribution < -0.4 is 19.1 Å². The highest BCUT2D eigenvalue weighted by Crippen LogP contribution is 2.32. The van der Waals surface area contributed by atoms with Crippen molar-refractivity contribution in [3.8, 4) is 17.4 Å². The Hall–Kier alpha value is -3.03. The number of benzene rings is 1. The van der Waals surface area contributed by atoms with Gasteiger partial charge in [0.25, 0.3) is 0 Å². The van der Waals surface area contributed by atoms with Crippen LogP contribution in [-0.2, 0) is 11.2 Å². The Morgan fingerprint density at radius 1 is 1.30 bits per heavy atom. The molecule has 0 radical (unpaired) electrons. The Labute approximate surface area is 157 Å². The molecule has 0 unspecified atom stereocenters. The van der Waals surface area contributed by atoms with Gasteiger partial charge in [0.2, 0.25) is 18.6 Å². The summed E-state index contributed by atoms with van der Waals surface area (Å²) >= 11 is 0. The third-order valence-electron chi connectivity index (χ3n) is 4.64. The van der Waals surface area contributed by atoms with E-state index in [1.165, 1.54) is 0 Å². The second kappa shape index (κ2) is 7.30. The summed E-state index contributed by atoms with van der Waals surface area (Å²) in [5.74, 6) is 2.72. The number of aromatic nitrogens is 2. The molecule has 142 valence electrons. The van der Waals surface area contributed by atoms with Crippen LogP contribution >= 0.6 is 0 Å². The first kappa shape index (κ1) is 17.4. The highest BCUT2D eigenvalue weighted by molar-refractivity contribution is 5.79. The number of carbonyl (C=O) groups excluding carboxylic acids is 1. The van der Waals surface area contributed by atoms with Gasteiger partial charge in [-0.05, 0) is 17.7 Å². The Balaban J connectivity index is 1.33. The molecule has 1 fully saturated rings. The second-order valence-corrected chi connectivity index (χ2v) is 6.84. The smallest absolute Gasteiger partial charge is 0.234 e. The van der Waals surface area contributed by atoms with Crippen LogP contribution in [-0.4, -0.2) is 60.9 Å². The van der Waals surface area contributed by atoms with Crippen LogP contribution in [0.3, 0.4) is 0 Å². The molecule has 27 heavy (non-hydrogen) atoms. The highest BCUT2D eigenvalue weighted by Gasteiger charge is 2.28. The van der Waals surface area contributed by atoms with Crippen LogP contribution in [0.25, 0.3) is 0 Å². The predicted molar refractivity (Wildman–Crippen MR) is 98.2 cm³/mol. The molecule has 8 nitrogen and oxygen atoms in total. The number of hydrogen-bond donors (Lipinski definition) is 0. The zero-order valence-corrected chi connectivity index (χ0v) is 15.4. The van der Waals surface area contributed by atoms with Crippen molar-refractivity contribution in [2.45, 2.75) is 18.9 Å². The van der Waals surface area contributed by atoms with Gasteiger partial charge >= 0.3 is 0 Å². The molecule has 1 aromatic carbocycles. The molecule has 4 rings (SSSR count). The van der Waals surface area contributed by atoms with E-state index in [0.717, 1.165) is 23.6 Å². The van der Waals surface area contributed by atoms with Gasteiger partial charge in [-0.15, -0.1) is 0 Å². The molecule has 1 atom stereocenters. The summed E-state index contributed by atoms with van der Waals surface area (Å²) in [7, 11) is 3.81. The van der Waals surface area contributed by atoms with Gasteiger partial charge in [0.1, 0.15) is 6.10 Å². The second-order valence-electron chi connectivity index (χ2n) is 6.84. The lowest BCUT2D eigenvalue weighted by Crippen LogP contribution is -2.32. The van der Waals surface area contributed by atoms with E-state index in [2.05, 4.69) is 9.97 Å². The van der Waals surface area contributed by atoms with E-state index in [4.69, 9.17) is 14.2 Å². The third kappa shape index (κ3) is 3.89. The lowest BCUT2D eigenvalue weighted by Gasteiger charge is -2.18. The summed E-state index contributed by atoms with van der Waals surface area (Å²) < 4.78 is 16.6. The molecule has 2 aromatic rings. The Morgan fingerprint density at radius 3 is 3.00 bits per heavy atom. The molecule has 2 aliphatic heterocycles. The predicted octanol–water partition coefficient (Wildman–Crippen LogP) is 1.49. The fraction of sp³-hybridized carbons (Fsp3) is 0.421. The van der Waals surface area contributed by atoms with Crippen molar-refractivity contribution in [2.75, 3.05) is 38.9 Å². The maximum Gasteiger partial charge on any atom is 0.234 e. The van der Waals surface area contributed by atoms with Crippen LogP contribution in [0.2, 0.25) is 0 Å². The van der Waals surface area contributed by atoms with Gasteiger partial charge in [-0.3, -0.25) is 9.78 Å². The van der Waals surface area contributed by atoms with E-state index in [-0.39, 0.29) is 18.8 Å². The van der Waals surface area contributed by atoms with Crippen LogP contribution in [0.15, 0.2) is 30.6 Å². The average molecular weight is 370 g/mol. The van der Waals surface area contributed by atoms with Gasteiger partial charge in [0.15, 0.2) is 17.3 Å². The fourth-order valence-electron chi connectivity index (χ4n) is 3.17. The molecule has 3 heterocycles. The maximum atomic E-state index is 12.6. The Morgan fingerprint density at radius 2 is 2.15 bits per heavy atom. The summed E-state index contributed by atoms with van der Waals surface area (Å²) in [5.41, 5.74) is 0.915. The molecular formula is C19H22N4O4. The van der Waals surface area contributed by atoms with E-state index in [9.17, 15) is 4.79 Å². The first-order chi connectivity index (χ1) is 13.1. The van der Waals surface area contributed by atoms with Crippen molar-refractivity contribution in [1.82, 2.24) is 14.9 Å². The molecule has 1 aromatic heterocycles. The lowest BCUT2D eigenvalue weighted by molar-refractivity contribution is -0.129. The normalized spacial score (nSPS) is 17.9. The molecule has 0 N–H and O–H groups in total. The number of carbonyl (C=O) groups is 1. The minimum atomic E-state index is -0.0718. The number of fused-ring (bicyclic) bond motifs is 1. The highest BCUT2D eigenvalue weighted by atomic mass is 16.7. The molecule has 0 saturated carbocycles. The molecule has 1 saturated heterocycles. The number of ether oxygens (including phenoxy) is 3. The zero-order chi connectivity index (χ0) is 18.8. The van der Waals surface area contributed by atoms with Gasteiger partial charge in [-0.1, -0.05) is 6.07 Å². The molecule has 0 spiro atoms. The quantitative estimate of drug-likeness (QED) is 0.789. The van der Waals surface area contributed by atoms with Crippen molar-refractivity contribution in [2.24, 2.45) is 0 Å². The van der Waals surface area contributed by atoms with Gasteiger partial charge in [-0.25, -0.2) is 0 Å². The average Bonchev–Trinajstić information content (AvgIpc) is 3.31. The minimum Gasteiger partial charge on any atom is -0.471 e. The van der Waals surface area contributed by atoms with E-state index >= 15 is 0 Å². The summed E-state index contributed by atoms with van der Waals surface area (Å²) in [6.07, 6.45) is 4.32. The zero-order valence-electron chi connectivity index (χ0n) is 15.4. The number of likely N-dealkylation sites (tertiary alicyclic amines) is 1. The minimum absolute atomic E-state index is 0.0718. The number of amides is 1. The van der Waals surface area contributed by atoms with Crippen molar-refractivity contribution in [1.29, 1.82) is 0 Å². The number of anilines is 1. The molecule has 1 amide bonds. The van der Waals surface area contributed by atoms with Crippen molar-refractivity contribution >= 4 is 11.7 Å². The molecule has 8 heteroatoms. The van der Waals surface area contributed by atoms with Crippen molar-refractivity contribution in [3.05, 3.63) is 36.2 Å². The number of hydrogen-bond acceptors (Lipinski definition) is 7. The van der Waals surface area contributed by atoms with Gasteiger partial charge in [0.05, 0.1) is 25.4 Å². The summed E-state index contributed by atoms with van der Waals surface area (Å²) in [5, 5.41) is 0. The molecule has 2 aliphatic rings. The van der Waals surface area contributed by atoms with Crippen molar-refractivity contribution in [3.63, 3.8) is 0 Å². The van der Waals surface area contributed by atoms with E-state index < -0.39 is 0 Å². The maximum absolute atomic E-state index is 12.6. The number of nitrogens with zero attached hydrogens (tertiary/aromatic N) is 4. The van der Waals surface area contributed by atoms with Gasteiger partial charge < -0.3 is 24.0 Å². The Kier molecular flexibility index (Phi) is 4.70. The van der Waals surface area contributed by atoms with Crippen molar-refractivity contribution < 1.29 is 19.0 Å². The topological polar surface area (TPSA) is 77.0 Å². The summed E-state index contributed by atoms with van der Waals surface area (Å²) in [4.78, 5) is 24.9. The monoisotopic (exact) mass is 370 g/mol. The van der Waals surface area contributed by atoms with Crippen LogP contribution in [0.5, 0.6) is 17.4 Å². The van der Waals surface area contributed by atoms with E-state index in [0.29, 0.717) is 31.1 Å². The molecular weight excluding hydrogens is 348 g/mol. The Bertz CT molecular complexity index is 842. The van der Waals surface area contributed by atoms with E-state index in [1.807, 2.05) is 42.1 Å². The van der Waals surface area contributed by atoms with Gasteiger partial charge in [0, 0.05) is 27.1 Å². The SMILES string of the molecule is CN(C)c1cncc(O[C@H]2CCN(C(=O)Cc3ccc4c(c3)OCO4)C2)n1. The summed E-state index contributed by atoms with van der Waals surface area (Å²) in [6, 6.07) is 5.61. The lowest BCUT2D eigenvalue weighted by atomic mass is 10.1. The first-order valence-electron chi connectivity index (χ1n) is 8.91. The number of rotatable bonds is 5. The largest absolute Gasteiger partial charge is 0.471 e. The fourth-order valence-corrected chi connectivity index (χ4v) is 3.17. The van der Waals surface area contributed by atoms with E-state index in [1.54, 1.807) is 12.4 Å². The third-order valence-corrected chi connectivity index (χ3v) is 4.64. The van der Waals surface area contributed by atoms with Crippen LogP contribution in [0.4, 0.5) is 5.82 Å². The molecule has 0 aliphatic carbocycles.